The molecule has 2 aromatic carbocycles. The van der Waals surface area contributed by atoms with E-state index in [0.717, 1.165) is 64.2 Å². The van der Waals surface area contributed by atoms with Crippen LogP contribution in [0.2, 0.25) is 0 Å². The van der Waals surface area contributed by atoms with E-state index < -0.39 is 58.0 Å². The van der Waals surface area contributed by atoms with Gasteiger partial charge in [-0.15, -0.1) is 25.0 Å². The Labute approximate surface area is 301 Å². The van der Waals surface area contributed by atoms with Crippen molar-refractivity contribution in [1.29, 1.82) is 0 Å². The molecular formula is C38H44F8O2Ti. The normalized spacial score (nSPS) is 13.3. The van der Waals surface area contributed by atoms with Gasteiger partial charge in [0.1, 0.15) is 0 Å². The average molecular weight is 733 g/mol. The maximum Gasteiger partial charge on any atom is 4.00 e. The van der Waals surface area contributed by atoms with Crippen LogP contribution in [-0.2, 0) is 21.7 Å². The van der Waals surface area contributed by atoms with Gasteiger partial charge in [0.15, 0.2) is 0 Å². The van der Waals surface area contributed by atoms with Crippen molar-refractivity contribution in [2.45, 2.75) is 91.9 Å². The van der Waals surface area contributed by atoms with Gasteiger partial charge in [0.2, 0.25) is 0 Å². The van der Waals surface area contributed by atoms with E-state index in [2.05, 4.69) is 24.3 Å². The van der Waals surface area contributed by atoms with E-state index in [1.165, 1.54) is 12.1 Å². The SMILES string of the molecule is CCCCC(CC)COc1c(F)c(F)[c-]c(F)c1F.CCCCC(CC)COc1c(F)c(F)[c-]c(F)c1F.[C-]1=CC=CC1.[C-]1=CC=CC1.[Ti+4]. The summed E-state index contributed by atoms with van der Waals surface area (Å²) in [6.07, 6.45) is 27.2. The fourth-order valence-corrected chi connectivity index (χ4v) is 4.14. The predicted octanol–water partition coefficient (Wildman–Crippen LogP) is 11.9. The van der Waals surface area contributed by atoms with Crippen molar-refractivity contribution in [2.75, 3.05) is 13.2 Å². The van der Waals surface area contributed by atoms with Crippen LogP contribution >= 0.6 is 0 Å². The van der Waals surface area contributed by atoms with Crippen LogP contribution in [0.25, 0.3) is 0 Å². The molecule has 0 aromatic heterocycles. The molecule has 49 heavy (non-hydrogen) atoms. The minimum Gasteiger partial charge on any atom is -0.513 e. The number of unbranched alkanes of at least 4 members (excludes halogenated alkanes) is 2. The van der Waals surface area contributed by atoms with Crippen LogP contribution in [0.3, 0.4) is 0 Å². The van der Waals surface area contributed by atoms with E-state index in [1.807, 2.05) is 52.0 Å². The number of allylic oxidation sites excluding steroid dienone is 8. The molecule has 0 heterocycles. The largest absolute Gasteiger partial charge is 4.00 e. The van der Waals surface area contributed by atoms with E-state index in [9.17, 15) is 35.1 Å². The van der Waals surface area contributed by atoms with Gasteiger partial charge in [-0.3, -0.25) is 29.7 Å². The average Bonchev–Trinajstić information content (AvgIpc) is 3.86. The third-order valence-corrected chi connectivity index (χ3v) is 7.19. The van der Waals surface area contributed by atoms with Crippen LogP contribution in [-0.4, -0.2) is 13.2 Å². The van der Waals surface area contributed by atoms with Crippen LogP contribution in [0.5, 0.6) is 11.5 Å². The van der Waals surface area contributed by atoms with E-state index in [1.54, 1.807) is 0 Å². The first-order valence-electron chi connectivity index (χ1n) is 16.2. The zero-order valence-electron chi connectivity index (χ0n) is 28.4. The summed E-state index contributed by atoms with van der Waals surface area (Å²) >= 11 is 0. The Bertz CT molecular complexity index is 1170. The molecule has 268 valence electrons. The van der Waals surface area contributed by atoms with Crippen LogP contribution < -0.4 is 9.47 Å². The summed E-state index contributed by atoms with van der Waals surface area (Å²) in [5, 5.41) is 0. The first-order chi connectivity index (χ1) is 23.0. The Morgan fingerprint density at radius 1 is 0.571 bits per heavy atom. The third-order valence-electron chi connectivity index (χ3n) is 7.19. The molecule has 0 amide bonds. The van der Waals surface area contributed by atoms with E-state index in [4.69, 9.17) is 9.47 Å². The first-order valence-corrected chi connectivity index (χ1v) is 16.2. The molecule has 0 aliphatic heterocycles. The Hall–Kier alpha value is -2.85. The van der Waals surface area contributed by atoms with Gasteiger partial charge in [0, 0.05) is 0 Å². The molecule has 4 rings (SSSR count). The van der Waals surface area contributed by atoms with Gasteiger partial charge in [-0.05, 0) is 24.7 Å². The van der Waals surface area contributed by atoms with Crippen molar-refractivity contribution in [3.63, 3.8) is 0 Å². The summed E-state index contributed by atoms with van der Waals surface area (Å²) in [7, 11) is 0. The number of halogens is 8. The molecule has 2 aromatic rings. The molecule has 0 bridgehead atoms. The van der Waals surface area contributed by atoms with Gasteiger partial charge in [0.25, 0.3) is 0 Å². The smallest absolute Gasteiger partial charge is 0.513 e. The van der Waals surface area contributed by atoms with Crippen molar-refractivity contribution < 1.29 is 66.3 Å². The second-order valence-electron chi connectivity index (χ2n) is 10.9. The van der Waals surface area contributed by atoms with Crippen LogP contribution in [0.4, 0.5) is 35.1 Å². The molecular weight excluding hydrogens is 688 g/mol. The van der Waals surface area contributed by atoms with Gasteiger partial charge < -0.3 is 9.47 Å². The van der Waals surface area contributed by atoms with Gasteiger partial charge in [-0.2, -0.15) is 12.2 Å². The van der Waals surface area contributed by atoms with Crippen LogP contribution in [0.15, 0.2) is 36.5 Å². The van der Waals surface area contributed by atoms with Gasteiger partial charge in [0.05, 0.1) is 71.3 Å². The first kappa shape index (κ1) is 46.2. The van der Waals surface area contributed by atoms with Gasteiger partial charge in [-0.1, -0.05) is 66.2 Å². The second-order valence-corrected chi connectivity index (χ2v) is 10.9. The number of benzene rings is 2. The number of rotatable bonds is 14. The minimum absolute atomic E-state index is 0. The van der Waals surface area contributed by atoms with Crippen molar-refractivity contribution in [1.82, 2.24) is 0 Å². The topological polar surface area (TPSA) is 18.5 Å². The van der Waals surface area contributed by atoms with Crippen molar-refractivity contribution in [2.24, 2.45) is 11.8 Å². The Kier molecular flexibility index (Phi) is 25.4. The third kappa shape index (κ3) is 17.6. The molecule has 2 nitrogen and oxygen atoms in total. The Morgan fingerprint density at radius 3 is 1.10 bits per heavy atom. The molecule has 2 unspecified atom stereocenters. The standard InChI is InChI=1S/2C14H17F4O.2C5H5.Ti/c2*1-3-5-6-9(4-2)8-19-14-12(17)10(15)7-11(16)13(14)18;2*1-2-4-5-3-1;/h2*9H,3-6,8H2,1-2H3;2*1-3H,4H2;/q4*-1;+4. The molecule has 2 aliphatic rings. The van der Waals surface area contributed by atoms with Crippen LogP contribution in [0.1, 0.15) is 91.9 Å². The van der Waals surface area contributed by atoms with Crippen molar-refractivity contribution >= 4 is 0 Å². The molecule has 0 saturated heterocycles. The zero-order chi connectivity index (χ0) is 35.9. The zero-order valence-corrected chi connectivity index (χ0v) is 30.0. The quantitative estimate of drug-likeness (QED) is 0.0833. The van der Waals surface area contributed by atoms with Gasteiger partial charge >= 0.3 is 21.7 Å². The van der Waals surface area contributed by atoms with Crippen molar-refractivity contribution in [3.8, 4) is 11.5 Å². The number of hydrogen-bond acceptors (Lipinski definition) is 2. The van der Waals surface area contributed by atoms with Crippen molar-refractivity contribution in [3.05, 3.63) is 107 Å². The fourth-order valence-electron chi connectivity index (χ4n) is 4.14. The number of ether oxygens (including phenoxy) is 2. The molecule has 0 radical (unpaired) electrons. The molecule has 0 N–H and O–H groups in total. The summed E-state index contributed by atoms with van der Waals surface area (Å²) in [5.41, 5.74) is 0. The fraction of sp³-hybridized carbons (Fsp3) is 0.474. The maximum atomic E-state index is 13.3. The summed E-state index contributed by atoms with van der Waals surface area (Å²) in [5.74, 6) is -14.2. The Balaban J connectivity index is 0.000000717. The molecule has 2 aliphatic carbocycles. The van der Waals surface area contributed by atoms with Gasteiger partial charge in [-0.25, -0.2) is 41.9 Å². The monoisotopic (exact) mass is 732 g/mol. The summed E-state index contributed by atoms with van der Waals surface area (Å²) in [6.45, 7) is 7.99. The Morgan fingerprint density at radius 2 is 0.898 bits per heavy atom. The van der Waals surface area contributed by atoms with E-state index >= 15 is 0 Å². The molecule has 0 saturated carbocycles. The van der Waals surface area contributed by atoms with E-state index in [0.29, 0.717) is 0 Å². The second kappa shape index (κ2) is 26.9. The predicted molar refractivity (Wildman–Crippen MR) is 171 cm³/mol. The van der Waals surface area contributed by atoms with Crippen LogP contribution in [0, 0.1) is 82.7 Å². The molecule has 2 atom stereocenters. The molecule has 0 spiro atoms. The summed E-state index contributed by atoms with van der Waals surface area (Å²) in [4.78, 5) is 0. The summed E-state index contributed by atoms with van der Waals surface area (Å²) in [6, 6.07) is 2.64. The minimum atomic E-state index is -1.57. The maximum absolute atomic E-state index is 13.3. The molecule has 0 fully saturated rings. The number of hydrogen-bond donors (Lipinski definition) is 0. The molecule has 11 heteroatoms. The summed E-state index contributed by atoms with van der Waals surface area (Å²) < 4.78 is 115. The van der Waals surface area contributed by atoms with E-state index in [-0.39, 0.29) is 46.8 Å².